The van der Waals surface area contributed by atoms with E-state index in [1.54, 1.807) is 49.4 Å². The van der Waals surface area contributed by atoms with E-state index in [2.05, 4.69) is 25.3 Å². The molecule has 0 saturated carbocycles. The number of hydrogen-bond donors (Lipinski definition) is 4. The number of carbonyl (C=O) groups is 1. The van der Waals surface area contributed by atoms with Gasteiger partial charge in [0.25, 0.3) is 10.0 Å². The van der Waals surface area contributed by atoms with Crippen LogP contribution in [0.4, 0.5) is 23.0 Å². The van der Waals surface area contributed by atoms with Gasteiger partial charge in [-0.3, -0.25) is 9.52 Å². The third-order valence-corrected chi connectivity index (χ3v) is 6.94. The number of carbonyl (C=O) groups excluding carboxylic acids is 1. The number of para-hydroxylation sites is 2. The lowest BCUT2D eigenvalue weighted by atomic mass is 10.2. The zero-order chi connectivity index (χ0) is 27.3. The Morgan fingerprint density at radius 1 is 0.895 bits per heavy atom. The van der Waals surface area contributed by atoms with Gasteiger partial charge in [0.1, 0.15) is 11.5 Å². The van der Waals surface area contributed by atoms with Crippen molar-refractivity contribution >= 4 is 50.0 Å². The van der Waals surface area contributed by atoms with Crippen molar-refractivity contribution in [3.8, 4) is 11.5 Å². The fraction of sp³-hybridized carbons (Fsp3) is 0.192. The summed E-state index contributed by atoms with van der Waals surface area (Å²) < 4.78 is 40.0. The smallest absolute Gasteiger partial charge is 0.263 e. The molecule has 0 spiro atoms. The van der Waals surface area contributed by atoms with E-state index in [-0.39, 0.29) is 16.5 Å². The van der Waals surface area contributed by atoms with E-state index < -0.39 is 22.0 Å². The Balaban J connectivity index is 1.71. The molecular formula is C26H28N6O5S. The molecule has 0 bridgehead atoms. The number of nitrogens with two attached hydrogens (primary N) is 1. The lowest BCUT2D eigenvalue weighted by Crippen LogP contribution is -2.34. The molecule has 1 amide bonds. The highest BCUT2D eigenvalue weighted by molar-refractivity contribution is 7.92. The SMILES string of the molecule is CCC(N)C(=O)Nc1cccc(S(=O)(=O)Nc2nc3ccccc3nc2Nc2cc(OC)cc(OC)c2)c1. The zero-order valence-corrected chi connectivity index (χ0v) is 21.9. The molecule has 0 aliphatic carbocycles. The second kappa shape index (κ2) is 11.3. The van der Waals surface area contributed by atoms with E-state index in [0.29, 0.717) is 40.3 Å². The Morgan fingerprint density at radius 2 is 1.53 bits per heavy atom. The van der Waals surface area contributed by atoms with Crippen molar-refractivity contribution in [2.45, 2.75) is 24.3 Å². The fourth-order valence-corrected chi connectivity index (χ4v) is 4.58. The number of hydrogen-bond acceptors (Lipinski definition) is 9. The summed E-state index contributed by atoms with van der Waals surface area (Å²) in [7, 11) is -1.07. The number of amides is 1. The van der Waals surface area contributed by atoms with E-state index in [4.69, 9.17) is 15.2 Å². The first-order chi connectivity index (χ1) is 18.2. The summed E-state index contributed by atoms with van der Waals surface area (Å²) in [6.07, 6.45) is 0.445. The molecule has 4 aromatic rings. The van der Waals surface area contributed by atoms with Crippen molar-refractivity contribution in [2.24, 2.45) is 5.73 Å². The highest BCUT2D eigenvalue weighted by Crippen LogP contribution is 2.31. The van der Waals surface area contributed by atoms with Crippen LogP contribution in [0.25, 0.3) is 11.0 Å². The van der Waals surface area contributed by atoms with Crippen molar-refractivity contribution in [1.82, 2.24) is 9.97 Å². The molecule has 198 valence electrons. The Kier molecular flexibility index (Phi) is 7.93. The number of benzene rings is 3. The van der Waals surface area contributed by atoms with E-state index in [9.17, 15) is 13.2 Å². The van der Waals surface area contributed by atoms with E-state index >= 15 is 0 Å². The minimum absolute atomic E-state index is 0.0204. The van der Waals surface area contributed by atoms with Gasteiger partial charge in [-0.15, -0.1) is 0 Å². The van der Waals surface area contributed by atoms with Crippen LogP contribution < -0.4 is 30.6 Å². The maximum absolute atomic E-state index is 13.4. The first kappa shape index (κ1) is 26.6. The predicted octanol–water partition coefficient (Wildman–Crippen LogP) is 3.87. The van der Waals surface area contributed by atoms with Crippen LogP contribution in [0.1, 0.15) is 13.3 Å². The molecule has 0 aliphatic heterocycles. The molecule has 11 nitrogen and oxygen atoms in total. The molecule has 4 rings (SSSR count). The van der Waals surface area contributed by atoms with Crippen LogP contribution in [-0.4, -0.2) is 44.6 Å². The maximum atomic E-state index is 13.4. The maximum Gasteiger partial charge on any atom is 0.263 e. The number of fused-ring (bicyclic) bond motifs is 1. The van der Waals surface area contributed by atoms with Gasteiger partial charge in [0.05, 0.1) is 36.2 Å². The van der Waals surface area contributed by atoms with Crippen LogP contribution in [0, 0.1) is 0 Å². The third kappa shape index (κ3) is 6.10. The van der Waals surface area contributed by atoms with Crippen LogP contribution in [-0.2, 0) is 14.8 Å². The molecule has 1 unspecified atom stereocenters. The summed E-state index contributed by atoms with van der Waals surface area (Å²) >= 11 is 0. The molecule has 0 fully saturated rings. The largest absolute Gasteiger partial charge is 0.497 e. The van der Waals surface area contributed by atoms with Crippen LogP contribution in [0.15, 0.2) is 71.6 Å². The van der Waals surface area contributed by atoms with Gasteiger partial charge in [0.2, 0.25) is 5.91 Å². The molecule has 5 N–H and O–H groups in total. The lowest BCUT2D eigenvalue weighted by Gasteiger charge is -2.15. The molecule has 12 heteroatoms. The summed E-state index contributed by atoms with van der Waals surface area (Å²) in [4.78, 5) is 21.2. The van der Waals surface area contributed by atoms with Gasteiger partial charge in [0, 0.05) is 29.6 Å². The standard InChI is InChI=1S/C26H28N6O5S/c1-4-21(27)26(33)29-16-8-7-9-20(14-16)38(34,35)32-25-24(30-22-10-5-6-11-23(22)31-25)28-17-12-18(36-2)15-19(13-17)37-3/h5-15,21H,4,27H2,1-3H3,(H,28,30)(H,29,33)(H,31,32). The first-order valence-corrected chi connectivity index (χ1v) is 13.2. The molecular weight excluding hydrogens is 508 g/mol. The Bertz CT molecular complexity index is 1560. The van der Waals surface area contributed by atoms with Crippen molar-refractivity contribution in [3.63, 3.8) is 0 Å². The van der Waals surface area contributed by atoms with Crippen molar-refractivity contribution in [3.05, 3.63) is 66.7 Å². The molecule has 0 saturated heterocycles. The van der Waals surface area contributed by atoms with Crippen LogP contribution in [0.5, 0.6) is 11.5 Å². The van der Waals surface area contributed by atoms with Crippen LogP contribution in [0.2, 0.25) is 0 Å². The van der Waals surface area contributed by atoms with Gasteiger partial charge in [0.15, 0.2) is 11.6 Å². The van der Waals surface area contributed by atoms with Crippen molar-refractivity contribution in [1.29, 1.82) is 0 Å². The van der Waals surface area contributed by atoms with E-state index in [0.717, 1.165) is 0 Å². The van der Waals surface area contributed by atoms with Gasteiger partial charge < -0.3 is 25.8 Å². The summed E-state index contributed by atoms with van der Waals surface area (Å²) in [6.45, 7) is 1.78. The Labute approximate surface area is 220 Å². The second-order valence-electron chi connectivity index (χ2n) is 8.27. The van der Waals surface area contributed by atoms with Crippen LogP contribution in [0.3, 0.4) is 0 Å². The van der Waals surface area contributed by atoms with Crippen LogP contribution >= 0.6 is 0 Å². The number of sulfonamides is 1. The number of nitrogens with one attached hydrogen (secondary N) is 3. The first-order valence-electron chi connectivity index (χ1n) is 11.7. The zero-order valence-electron chi connectivity index (χ0n) is 21.1. The fourth-order valence-electron chi connectivity index (χ4n) is 3.52. The quantitative estimate of drug-likeness (QED) is 0.236. The van der Waals surface area contributed by atoms with Crippen molar-refractivity contribution < 1.29 is 22.7 Å². The predicted molar refractivity (Wildman–Crippen MR) is 147 cm³/mol. The minimum atomic E-state index is -4.13. The number of rotatable bonds is 10. The normalized spacial score (nSPS) is 12.0. The van der Waals surface area contributed by atoms with Gasteiger partial charge in [-0.05, 0) is 36.8 Å². The van der Waals surface area contributed by atoms with Gasteiger partial charge in [-0.1, -0.05) is 25.1 Å². The number of ether oxygens (including phenoxy) is 2. The van der Waals surface area contributed by atoms with Gasteiger partial charge >= 0.3 is 0 Å². The number of anilines is 4. The number of nitrogens with zero attached hydrogens (tertiary/aromatic N) is 2. The highest BCUT2D eigenvalue weighted by atomic mass is 32.2. The average molecular weight is 537 g/mol. The average Bonchev–Trinajstić information content (AvgIpc) is 2.92. The topological polar surface area (TPSA) is 158 Å². The summed E-state index contributed by atoms with van der Waals surface area (Å²) in [5.74, 6) is 0.804. The molecule has 0 radical (unpaired) electrons. The highest BCUT2D eigenvalue weighted by Gasteiger charge is 2.21. The Morgan fingerprint density at radius 3 is 2.13 bits per heavy atom. The molecule has 0 aliphatic rings. The third-order valence-electron chi connectivity index (χ3n) is 5.60. The number of methoxy groups -OCH3 is 2. The molecule has 1 heterocycles. The number of aromatic nitrogens is 2. The summed E-state index contributed by atoms with van der Waals surface area (Å²) in [6, 6.07) is 17.4. The summed E-state index contributed by atoms with van der Waals surface area (Å²) in [5, 5.41) is 5.75. The van der Waals surface area contributed by atoms with E-state index in [1.807, 2.05) is 6.07 Å². The molecule has 38 heavy (non-hydrogen) atoms. The molecule has 1 atom stereocenters. The second-order valence-corrected chi connectivity index (χ2v) is 9.96. The lowest BCUT2D eigenvalue weighted by molar-refractivity contribution is -0.117. The van der Waals surface area contributed by atoms with Gasteiger partial charge in [-0.2, -0.15) is 0 Å². The summed E-state index contributed by atoms with van der Waals surface area (Å²) in [5.41, 5.74) is 7.67. The molecule has 1 aromatic heterocycles. The van der Waals surface area contributed by atoms with E-state index in [1.165, 1.54) is 32.4 Å². The van der Waals surface area contributed by atoms with Crippen molar-refractivity contribution in [2.75, 3.05) is 29.6 Å². The minimum Gasteiger partial charge on any atom is -0.497 e. The monoisotopic (exact) mass is 536 g/mol. The molecule has 3 aromatic carbocycles. The van der Waals surface area contributed by atoms with Gasteiger partial charge in [-0.25, -0.2) is 18.4 Å². The Hall–Kier alpha value is -4.42.